The Kier molecular flexibility index (Phi) is 10.2. The Bertz CT molecular complexity index is 1420. The van der Waals surface area contributed by atoms with Crippen LogP contribution in [-0.2, 0) is 14.8 Å². The molecule has 0 N–H and O–H groups in total. The monoisotopic (exact) mass is 598 g/mol. The van der Waals surface area contributed by atoms with Crippen LogP contribution in [-0.4, -0.2) is 88.0 Å². The Morgan fingerprint density at radius 1 is 1.00 bits per heavy atom. The zero-order chi connectivity index (χ0) is 30.4. The zero-order valence-electron chi connectivity index (χ0n) is 25.0. The maximum atomic E-state index is 13.3. The maximum Gasteiger partial charge on any atom is 0.270 e. The van der Waals surface area contributed by atoms with Crippen LogP contribution in [0.4, 0.5) is 22.7 Å². The van der Waals surface area contributed by atoms with E-state index in [-0.39, 0.29) is 22.4 Å². The van der Waals surface area contributed by atoms with E-state index in [1.807, 2.05) is 18.7 Å². The van der Waals surface area contributed by atoms with Crippen molar-refractivity contribution in [3.05, 3.63) is 52.1 Å². The Morgan fingerprint density at radius 2 is 1.67 bits per heavy atom. The molecule has 2 aromatic rings. The Labute approximate surface area is 249 Å². The van der Waals surface area contributed by atoms with E-state index in [2.05, 4.69) is 14.8 Å². The predicted octanol–water partition coefficient (Wildman–Crippen LogP) is 4.67. The number of hydrogen-bond acceptors (Lipinski definition) is 8. The van der Waals surface area contributed by atoms with Crippen LogP contribution in [0.15, 0.2) is 46.3 Å². The summed E-state index contributed by atoms with van der Waals surface area (Å²) >= 11 is 0. The molecule has 0 saturated carbocycles. The molecule has 0 spiro atoms. The van der Waals surface area contributed by atoms with Crippen LogP contribution < -0.4 is 9.80 Å². The van der Waals surface area contributed by atoms with Crippen molar-refractivity contribution in [3.63, 3.8) is 0 Å². The predicted molar refractivity (Wildman–Crippen MR) is 167 cm³/mol. The lowest BCUT2D eigenvalue weighted by atomic mass is 9.95. The molecule has 0 unspecified atom stereocenters. The summed E-state index contributed by atoms with van der Waals surface area (Å²) in [5, 5.41) is 11.6. The summed E-state index contributed by atoms with van der Waals surface area (Å²) in [4.78, 5) is 35.1. The van der Waals surface area contributed by atoms with Crippen molar-refractivity contribution in [2.75, 3.05) is 63.2 Å². The number of amides is 1. The third-order valence-corrected chi connectivity index (χ3v) is 10.0. The van der Waals surface area contributed by atoms with Gasteiger partial charge in [-0.3, -0.25) is 19.9 Å². The SMILES string of the molecule is CCN(CC)C(=O)[C@@H]1CCCN(c2ccc([N+](=O)[O-])cc2C=Nc2ccc(N3CCCCC3)c(S(=O)(=O)N(C)C)c2)C1. The highest BCUT2D eigenvalue weighted by Crippen LogP contribution is 2.34. The van der Waals surface area contributed by atoms with E-state index in [0.717, 1.165) is 57.4 Å². The second-order valence-corrected chi connectivity index (χ2v) is 13.2. The highest BCUT2D eigenvalue weighted by molar-refractivity contribution is 7.89. The highest BCUT2D eigenvalue weighted by Gasteiger charge is 2.30. The third kappa shape index (κ3) is 6.92. The molecule has 1 atom stereocenters. The average molecular weight is 599 g/mol. The smallest absolute Gasteiger partial charge is 0.270 e. The van der Waals surface area contributed by atoms with Crippen LogP contribution in [0, 0.1) is 16.0 Å². The summed E-state index contributed by atoms with van der Waals surface area (Å²) in [5.74, 6) is -0.0231. The fourth-order valence-corrected chi connectivity index (χ4v) is 6.89. The Balaban J connectivity index is 1.70. The van der Waals surface area contributed by atoms with Crippen LogP contribution in [0.3, 0.4) is 0 Å². The fourth-order valence-electron chi connectivity index (χ4n) is 5.76. The van der Waals surface area contributed by atoms with E-state index >= 15 is 0 Å². The minimum absolute atomic E-state index is 0.0655. The highest BCUT2D eigenvalue weighted by atomic mass is 32.2. The minimum Gasteiger partial charge on any atom is -0.370 e. The van der Waals surface area contributed by atoms with Crippen molar-refractivity contribution < 1.29 is 18.1 Å². The quantitative estimate of drug-likeness (QED) is 0.221. The van der Waals surface area contributed by atoms with E-state index in [9.17, 15) is 23.3 Å². The van der Waals surface area contributed by atoms with Crippen molar-refractivity contribution in [3.8, 4) is 0 Å². The molecule has 2 saturated heterocycles. The molecule has 0 bridgehead atoms. The molecule has 12 heteroatoms. The number of aliphatic imine (C=N–C) groups is 1. The second-order valence-electron chi connectivity index (χ2n) is 11.0. The first kappa shape index (κ1) is 31.4. The summed E-state index contributed by atoms with van der Waals surface area (Å²) in [6, 6.07) is 9.83. The lowest BCUT2D eigenvalue weighted by Crippen LogP contribution is -2.45. The van der Waals surface area contributed by atoms with Crippen LogP contribution in [0.5, 0.6) is 0 Å². The van der Waals surface area contributed by atoms with Gasteiger partial charge in [-0.2, -0.15) is 0 Å². The zero-order valence-corrected chi connectivity index (χ0v) is 25.8. The minimum atomic E-state index is -3.75. The van der Waals surface area contributed by atoms with Gasteiger partial charge in [0, 0.05) is 83.0 Å². The number of carbonyl (C=O) groups excluding carboxylic acids is 1. The van der Waals surface area contributed by atoms with Crippen LogP contribution in [0.2, 0.25) is 0 Å². The van der Waals surface area contributed by atoms with E-state index in [1.165, 1.54) is 30.5 Å². The Hall–Kier alpha value is -3.51. The summed E-state index contributed by atoms with van der Waals surface area (Å²) in [6.07, 6.45) is 6.33. The number of nitro benzene ring substituents is 1. The number of carbonyl (C=O) groups is 1. The summed E-state index contributed by atoms with van der Waals surface area (Å²) in [6.45, 7) is 8.08. The standard InChI is InChI=1S/C30H42N6O5S/c1-5-33(6-2)30(37)23-11-10-18-35(22-23)27-15-13-26(36(38)39)19-24(27)21-31-25-12-14-28(34-16-8-7-9-17-34)29(20-25)42(40,41)32(3)4/h12-15,19-21,23H,5-11,16-18,22H2,1-4H3/t23-/m1/s1. The summed E-state index contributed by atoms with van der Waals surface area (Å²) in [5.41, 5.74) is 2.33. The van der Waals surface area contributed by atoms with Gasteiger partial charge in [-0.25, -0.2) is 12.7 Å². The molecule has 228 valence electrons. The number of benzene rings is 2. The van der Waals surface area contributed by atoms with E-state index in [1.54, 1.807) is 30.5 Å². The van der Waals surface area contributed by atoms with Gasteiger partial charge in [-0.05, 0) is 70.2 Å². The summed E-state index contributed by atoms with van der Waals surface area (Å²) in [7, 11) is -0.724. The largest absolute Gasteiger partial charge is 0.370 e. The Morgan fingerprint density at radius 3 is 2.31 bits per heavy atom. The van der Waals surface area contributed by atoms with Gasteiger partial charge in [0.2, 0.25) is 15.9 Å². The van der Waals surface area contributed by atoms with E-state index in [0.29, 0.717) is 36.6 Å². The van der Waals surface area contributed by atoms with Gasteiger partial charge < -0.3 is 14.7 Å². The van der Waals surface area contributed by atoms with Crippen molar-refractivity contribution in [2.24, 2.45) is 10.9 Å². The number of piperidine rings is 2. The van der Waals surface area contributed by atoms with E-state index in [4.69, 9.17) is 0 Å². The number of nitro groups is 1. The molecule has 0 aliphatic carbocycles. The molecule has 2 heterocycles. The summed E-state index contributed by atoms with van der Waals surface area (Å²) < 4.78 is 27.8. The first-order valence-corrected chi connectivity index (χ1v) is 16.2. The normalized spacial score (nSPS) is 18.1. The topological polar surface area (TPSA) is 120 Å². The molecule has 2 aliphatic heterocycles. The number of nitrogens with zero attached hydrogens (tertiary/aromatic N) is 6. The van der Waals surface area contributed by atoms with Crippen molar-refractivity contribution in [2.45, 2.75) is 50.8 Å². The number of rotatable bonds is 10. The lowest BCUT2D eigenvalue weighted by molar-refractivity contribution is -0.384. The van der Waals surface area contributed by atoms with Crippen molar-refractivity contribution in [1.82, 2.24) is 9.21 Å². The molecule has 2 fully saturated rings. The van der Waals surface area contributed by atoms with Gasteiger partial charge in [-0.15, -0.1) is 0 Å². The molecule has 1 amide bonds. The molecule has 0 radical (unpaired) electrons. The van der Waals surface area contributed by atoms with Crippen molar-refractivity contribution >= 4 is 44.9 Å². The maximum absolute atomic E-state index is 13.3. The molecule has 4 rings (SSSR count). The first-order valence-electron chi connectivity index (χ1n) is 14.7. The number of non-ortho nitro benzene ring substituents is 1. The molecular weight excluding hydrogens is 556 g/mol. The van der Waals surface area contributed by atoms with E-state index < -0.39 is 14.9 Å². The first-order chi connectivity index (χ1) is 20.1. The lowest BCUT2D eigenvalue weighted by Gasteiger charge is -2.36. The molecular formula is C30H42N6O5S. The van der Waals surface area contributed by atoms with Gasteiger partial charge in [0.1, 0.15) is 4.90 Å². The molecule has 0 aromatic heterocycles. The van der Waals surface area contributed by atoms with Gasteiger partial charge in [0.15, 0.2) is 0 Å². The van der Waals surface area contributed by atoms with Gasteiger partial charge in [-0.1, -0.05) is 0 Å². The second kappa shape index (κ2) is 13.6. The van der Waals surface area contributed by atoms with Gasteiger partial charge in [0.25, 0.3) is 5.69 Å². The molecule has 2 aromatic carbocycles. The number of hydrogen-bond donors (Lipinski definition) is 0. The van der Waals surface area contributed by atoms with Crippen molar-refractivity contribution in [1.29, 1.82) is 0 Å². The molecule has 11 nitrogen and oxygen atoms in total. The van der Waals surface area contributed by atoms with Crippen LogP contribution >= 0.6 is 0 Å². The third-order valence-electron chi connectivity index (χ3n) is 8.16. The van der Waals surface area contributed by atoms with Crippen LogP contribution in [0.1, 0.15) is 51.5 Å². The van der Waals surface area contributed by atoms with Gasteiger partial charge >= 0.3 is 0 Å². The fraction of sp³-hybridized carbons (Fsp3) is 0.533. The number of sulfonamides is 1. The van der Waals surface area contributed by atoms with Gasteiger partial charge in [0.05, 0.1) is 22.2 Å². The average Bonchev–Trinajstić information content (AvgIpc) is 3.00. The number of anilines is 2. The molecule has 2 aliphatic rings. The van der Waals surface area contributed by atoms with Crippen LogP contribution in [0.25, 0.3) is 0 Å². The molecule has 42 heavy (non-hydrogen) atoms.